The maximum absolute atomic E-state index is 14.2. The number of hydrogen-bond acceptors (Lipinski definition) is 14. The first kappa shape index (κ1) is 56.7. The van der Waals surface area contributed by atoms with E-state index >= 15 is 0 Å². The lowest BCUT2D eigenvalue weighted by Crippen LogP contribution is -2.61. The van der Waals surface area contributed by atoms with Gasteiger partial charge in [0.1, 0.15) is 48.3 Å². The number of guanidine groups is 2. The first-order valence-corrected chi connectivity index (χ1v) is 21.1. The van der Waals surface area contributed by atoms with Crippen molar-refractivity contribution >= 4 is 65.1 Å². The van der Waals surface area contributed by atoms with Crippen LogP contribution < -0.4 is 66.3 Å². The molecule has 1 heterocycles. The Bertz CT molecular complexity index is 1740. The van der Waals surface area contributed by atoms with Crippen molar-refractivity contribution in [3.8, 4) is 0 Å². The van der Waals surface area contributed by atoms with E-state index in [1.54, 1.807) is 13.8 Å². The van der Waals surface area contributed by atoms with Gasteiger partial charge in [0.2, 0.25) is 47.3 Å². The van der Waals surface area contributed by atoms with Gasteiger partial charge < -0.3 is 86.5 Å². The quantitative estimate of drug-likeness (QED) is 0.0197. The number of aliphatic hydroxyl groups is 2. The number of carboxylic acids is 1. The van der Waals surface area contributed by atoms with E-state index in [1.807, 2.05) is 0 Å². The van der Waals surface area contributed by atoms with Gasteiger partial charge >= 0.3 is 5.97 Å². The standard InChI is InChI=1S/C38H69N15O12/c1-17(2)27(51-30(58)21(12-13-25(39)56)48-29(57)18(3)47-34(62)28(20(5)55)52-32(60)26(40)19(4)54)33(61)49-22(9-6-14-45-37(41)42)35(63)53-16-8-11-24(53)31(59)50-23(36(64)65)10-7-15-46-38(43)44/h17-24,26-28,54-55H,6-16,40H2,1-5H3,(H2,39,56)(H,47,62)(H,48,57)(H,49,61)(H,50,59)(H,51,58)(H,52,60)(H,64,65)(H4,41,42,45)(H4,43,44,46). The minimum Gasteiger partial charge on any atom is -0.480 e. The van der Waals surface area contributed by atoms with Crippen LogP contribution in [0.25, 0.3) is 0 Å². The third-order valence-corrected chi connectivity index (χ3v) is 10.2. The Kier molecular flexibility index (Phi) is 24.2. The normalized spacial score (nSPS) is 17.6. The summed E-state index contributed by atoms with van der Waals surface area (Å²) < 4.78 is 0. The summed E-state index contributed by atoms with van der Waals surface area (Å²) in [4.78, 5) is 127. The molecule has 0 saturated carbocycles. The van der Waals surface area contributed by atoms with Gasteiger partial charge in [-0.05, 0) is 71.6 Å². The lowest BCUT2D eigenvalue weighted by atomic mass is 10.0. The number of carbonyl (C=O) groups is 9. The third-order valence-electron chi connectivity index (χ3n) is 10.2. The number of nitrogens with zero attached hydrogens (tertiary/aromatic N) is 3. The van der Waals surface area contributed by atoms with E-state index in [9.17, 15) is 58.5 Å². The molecule has 0 radical (unpaired) electrons. The number of aliphatic imine (C=N–C) groups is 2. The van der Waals surface area contributed by atoms with Gasteiger partial charge in [-0.1, -0.05) is 13.8 Å². The Hall–Kier alpha value is -6.35. The molecule has 8 amide bonds. The largest absolute Gasteiger partial charge is 0.480 e. The molecule has 27 heteroatoms. The van der Waals surface area contributed by atoms with E-state index in [0.29, 0.717) is 6.42 Å². The molecule has 65 heavy (non-hydrogen) atoms. The zero-order chi connectivity index (χ0) is 49.7. The van der Waals surface area contributed by atoms with Crippen LogP contribution in [-0.4, -0.2) is 166 Å². The van der Waals surface area contributed by atoms with Gasteiger partial charge in [0.05, 0.1) is 12.2 Å². The average Bonchev–Trinajstić information content (AvgIpc) is 3.71. The molecule has 0 aromatic rings. The van der Waals surface area contributed by atoms with Crippen molar-refractivity contribution < 1.29 is 58.5 Å². The van der Waals surface area contributed by atoms with Crippen LogP contribution in [0.1, 0.15) is 86.0 Å². The summed E-state index contributed by atoms with van der Waals surface area (Å²) in [5, 5.41) is 44.1. The summed E-state index contributed by atoms with van der Waals surface area (Å²) in [5.41, 5.74) is 32.5. The lowest BCUT2D eigenvalue weighted by Gasteiger charge is -2.31. The van der Waals surface area contributed by atoms with Crippen molar-refractivity contribution in [2.75, 3.05) is 19.6 Å². The Labute approximate surface area is 376 Å². The highest BCUT2D eigenvalue weighted by molar-refractivity contribution is 5.98. The molecule has 0 bridgehead atoms. The number of carboxylic acid groups (broad SMARTS) is 1. The maximum atomic E-state index is 14.2. The van der Waals surface area contributed by atoms with Gasteiger partial charge in [-0.15, -0.1) is 0 Å². The van der Waals surface area contributed by atoms with E-state index in [2.05, 4.69) is 41.9 Å². The molecule has 10 atom stereocenters. The molecule has 1 fully saturated rings. The summed E-state index contributed by atoms with van der Waals surface area (Å²) in [6.45, 7) is 7.08. The fourth-order valence-corrected chi connectivity index (χ4v) is 6.44. The SMILES string of the molecule is CC(NC(=O)C(NC(=O)C(N)C(C)O)C(C)O)C(=O)NC(CCC(N)=O)C(=O)NC(C(=O)NC(CCCN=C(N)N)C(=O)N1CCCC1C(=O)NC(CCCN=C(N)N)C(=O)O)C(C)C. The van der Waals surface area contributed by atoms with Crippen molar-refractivity contribution in [2.24, 2.45) is 50.3 Å². The first-order chi connectivity index (χ1) is 30.3. The van der Waals surface area contributed by atoms with Crippen molar-refractivity contribution in [1.82, 2.24) is 36.8 Å². The third kappa shape index (κ3) is 19.9. The molecule has 21 N–H and O–H groups in total. The minimum absolute atomic E-state index is 0.0135. The Balaban J connectivity index is 3.30. The van der Waals surface area contributed by atoms with Gasteiger partial charge in [-0.25, -0.2) is 4.79 Å². The molecule has 27 nitrogen and oxygen atoms in total. The fourth-order valence-electron chi connectivity index (χ4n) is 6.44. The molecule has 1 rings (SSSR count). The average molecular weight is 928 g/mol. The van der Waals surface area contributed by atoms with E-state index in [4.69, 9.17) is 34.4 Å². The molecule has 0 aromatic carbocycles. The van der Waals surface area contributed by atoms with Crippen LogP contribution in [-0.2, 0) is 43.2 Å². The highest BCUT2D eigenvalue weighted by Crippen LogP contribution is 2.21. The number of primary amides is 1. The molecule has 1 aliphatic rings. The Morgan fingerprint density at radius 2 is 1.15 bits per heavy atom. The minimum atomic E-state index is -1.61. The number of aliphatic carboxylic acids is 1. The summed E-state index contributed by atoms with van der Waals surface area (Å²) >= 11 is 0. The predicted molar refractivity (Wildman–Crippen MR) is 234 cm³/mol. The molecule has 0 aliphatic carbocycles. The number of nitrogens with two attached hydrogens (primary N) is 6. The number of likely N-dealkylation sites (tertiary alicyclic amines) is 1. The fraction of sp³-hybridized carbons (Fsp3) is 0.711. The first-order valence-electron chi connectivity index (χ1n) is 21.1. The topological polar surface area (TPSA) is 471 Å². The van der Waals surface area contributed by atoms with Crippen LogP contribution in [0.4, 0.5) is 0 Å². The number of carbonyl (C=O) groups excluding carboxylic acids is 8. The van der Waals surface area contributed by atoms with Crippen LogP contribution in [0.2, 0.25) is 0 Å². The van der Waals surface area contributed by atoms with Gasteiger partial charge in [0, 0.05) is 26.1 Å². The molecular weight excluding hydrogens is 859 g/mol. The lowest BCUT2D eigenvalue weighted by molar-refractivity contribution is -0.145. The van der Waals surface area contributed by atoms with Crippen molar-refractivity contribution in [1.29, 1.82) is 0 Å². The molecule has 368 valence electrons. The van der Waals surface area contributed by atoms with Crippen molar-refractivity contribution in [3.05, 3.63) is 0 Å². The Morgan fingerprint density at radius 1 is 0.631 bits per heavy atom. The van der Waals surface area contributed by atoms with Crippen LogP contribution in [0, 0.1) is 5.92 Å². The van der Waals surface area contributed by atoms with E-state index < -0.39 is 126 Å². The monoisotopic (exact) mass is 928 g/mol. The number of rotatable bonds is 28. The smallest absolute Gasteiger partial charge is 0.326 e. The van der Waals surface area contributed by atoms with Gasteiger partial charge in [0.25, 0.3) is 0 Å². The van der Waals surface area contributed by atoms with Gasteiger partial charge in [0.15, 0.2) is 11.9 Å². The molecule has 0 spiro atoms. The highest BCUT2D eigenvalue weighted by atomic mass is 16.4. The summed E-state index contributed by atoms with van der Waals surface area (Å²) in [6.07, 6.45) is -2.62. The second-order valence-electron chi connectivity index (χ2n) is 16.1. The van der Waals surface area contributed by atoms with Crippen molar-refractivity contribution in [3.63, 3.8) is 0 Å². The van der Waals surface area contributed by atoms with Crippen LogP contribution in [0.5, 0.6) is 0 Å². The second-order valence-corrected chi connectivity index (χ2v) is 16.1. The zero-order valence-electron chi connectivity index (χ0n) is 37.5. The number of aliphatic hydroxyl groups excluding tert-OH is 2. The van der Waals surface area contributed by atoms with Crippen LogP contribution in [0.3, 0.4) is 0 Å². The predicted octanol–water partition coefficient (Wildman–Crippen LogP) is -6.89. The Morgan fingerprint density at radius 3 is 1.65 bits per heavy atom. The number of nitrogens with one attached hydrogen (secondary N) is 6. The second kappa shape index (κ2) is 27.8. The van der Waals surface area contributed by atoms with Crippen molar-refractivity contribution in [2.45, 2.75) is 147 Å². The molecule has 0 aromatic heterocycles. The number of amides is 8. The van der Waals surface area contributed by atoms with Crippen LogP contribution in [0.15, 0.2) is 9.98 Å². The zero-order valence-corrected chi connectivity index (χ0v) is 37.5. The van der Waals surface area contributed by atoms with E-state index in [-0.39, 0.29) is 70.1 Å². The van der Waals surface area contributed by atoms with E-state index in [1.165, 1.54) is 25.7 Å². The summed E-state index contributed by atoms with van der Waals surface area (Å²) in [6, 6.07) is -11.0. The highest BCUT2D eigenvalue weighted by Gasteiger charge is 2.40. The molecule has 1 aliphatic heterocycles. The molecule has 10 unspecified atom stereocenters. The molecular formula is C38H69N15O12. The summed E-state index contributed by atoms with van der Waals surface area (Å²) in [7, 11) is 0. The molecule has 1 saturated heterocycles. The number of hydrogen-bond donors (Lipinski definition) is 15. The van der Waals surface area contributed by atoms with Gasteiger partial charge in [-0.2, -0.15) is 0 Å². The summed E-state index contributed by atoms with van der Waals surface area (Å²) in [5.74, 6) is -9.34. The van der Waals surface area contributed by atoms with Gasteiger partial charge in [-0.3, -0.25) is 48.3 Å². The van der Waals surface area contributed by atoms with E-state index in [0.717, 1.165) is 0 Å². The maximum Gasteiger partial charge on any atom is 0.326 e. The van der Waals surface area contributed by atoms with Crippen LogP contribution >= 0.6 is 0 Å².